The van der Waals surface area contributed by atoms with Crippen molar-refractivity contribution in [1.29, 1.82) is 0 Å². The van der Waals surface area contributed by atoms with Crippen molar-refractivity contribution in [3.8, 4) is 0 Å². The van der Waals surface area contributed by atoms with Gasteiger partial charge in [-0.2, -0.15) is 0 Å². The Morgan fingerprint density at radius 1 is 1.24 bits per heavy atom. The van der Waals surface area contributed by atoms with Crippen molar-refractivity contribution in [2.24, 2.45) is 0 Å². The lowest BCUT2D eigenvalue weighted by Crippen LogP contribution is -2.36. The van der Waals surface area contributed by atoms with E-state index in [1.54, 1.807) is 18.2 Å². The van der Waals surface area contributed by atoms with E-state index in [9.17, 15) is 9.59 Å². The van der Waals surface area contributed by atoms with Crippen LogP contribution >= 0.6 is 0 Å². The molecule has 0 spiro atoms. The Hall–Kier alpha value is -2.34. The molecule has 0 aliphatic carbocycles. The van der Waals surface area contributed by atoms with Gasteiger partial charge in [-0.05, 0) is 12.1 Å². The predicted octanol–water partition coefficient (Wildman–Crippen LogP) is 1.59. The first-order chi connectivity index (χ1) is 10.1. The van der Waals surface area contributed by atoms with Crippen LogP contribution in [0.3, 0.4) is 0 Å². The molecule has 0 bridgehead atoms. The number of hydrogen-bond acceptors (Lipinski definition) is 5. The number of nitrogens with one attached hydrogen (secondary N) is 1. The molecule has 0 saturated carbocycles. The third-order valence-corrected chi connectivity index (χ3v) is 3.36. The van der Waals surface area contributed by atoms with E-state index in [-0.39, 0.29) is 11.3 Å². The second-order valence-corrected chi connectivity index (χ2v) is 4.94. The van der Waals surface area contributed by atoms with Gasteiger partial charge in [-0.15, -0.1) is 0 Å². The molecule has 1 amide bonds. The molecule has 1 N–H and O–H groups in total. The quantitative estimate of drug-likeness (QED) is 0.908. The molecule has 2 heterocycles. The van der Waals surface area contributed by atoms with Crippen LogP contribution in [0.25, 0.3) is 11.0 Å². The maximum atomic E-state index is 12.2. The molecule has 2 aromatic rings. The van der Waals surface area contributed by atoms with Gasteiger partial charge in [0.25, 0.3) is 0 Å². The molecule has 21 heavy (non-hydrogen) atoms. The molecule has 1 aliphatic heterocycles. The Kier molecular flexibility index (Phi) is 3.62. The highest BCUT2D eigenvalue weighted by Gasteiger charge is 2.15. The molecule has 110 valence electrons. The van der Waals surface area contributed by atoms with E-state index in [4.69, 9.17) is 9.15 Å². The number of amides is 1. The van der Waals surface area contributed by atoms with Crippen LogP contribution in [0.4, 0.5) is 11.6 Å². The molecule has 6 nitrogen and oxygen atoms in total. The summed E-state index contributed by atoms with van der Waals surface area (Å²) in [6, 6.07) is 6.53. The minimum Gasteiger partial charge on any atom is -0.440 e. The van der Waals surface area contributed by atoms with Crippen LogP contribution in [0, 0.1) is 0 Å². The molecule has 1 aromatic carbocycles. The first kappa shape index (κ1) is 13.6. The van der Waals surface area contributed by atoms with Crippen LogP contribution in [-0.4, -0.2) is 32.2 Å². The van der Waals surface area contributed by atoms with Crippen molar-refractivity contribution in [2.75, 3.05) is 36.5 Å². The van der Waals surface area contributed by atoms with E-state index in [1.165, 1.54) is 13.0 Å². The van der Waals surface area contributed by atoms with E-state index in [0.29, 0.717) is 48.8 Å². The van der Waals surface area contributed by atoms with E-state index in [0.717, 1.165) is 0 Å². The summed E-state index contributed by atoms with van der Waals surface area (Å²) in [6.45, 7) is 4.06. The molecule has 6 heteroatoms. The summed E-state index contributed by atoms with van der Waals surface area (Å²) < 4.78 is 11.1. The third-order valence-electron chi connectivity index (χ3n) is 3.36. The molecule has 1 aromatic heterocycles. The number of benzene rings is 1. The molecular formula is C15H16N2O4. The maximum absolute atomic E-state index is 12.2. The summed E-state index contributed by atoms with van der Waals surface area (Å²) in [6.07, 6.45) is 0. The number of carbonyl (C=O) groups is 1. The lowest BCUT2D eigenvalue weighted by molar-refractivity contribution is -0.114. The summed E-state index contributed by atoms with van der Waals surface area (Å²) in [7, 11) is 0. The summed E-state index contributed by atoms with van der Waals surface area (Å²) in [5.41, 5.74) is 0.986. The number of hydrogen-bond donors (Lipinski definition) is 1. The number of morpholine rings is 1. The van der Waals surface area contributed by atoms with Crippen LogP contribution in [0.5, 0.6) is 0 Å². The summed E-state index contributed by atoms with van der Waals surface area (Å²) in [5.74, 6) is 0.372. The van der Waals surface area contributed by atoms with Crippen molar-refractivity contribution in [2.45, 2.75) is 6.92 Å². The Labute approximate surface area is 121 Å². The van der Waals surface area contributed by atoms with Gasteiger partial charge in [-0.25, -0.2) is 0 Å². The van der Waals surface area contributed by atoms with Crippen molar-refractivity contribution in [3.63, 3.8) is 0 Å². The maximum Gasteiger partial charge on any atom is 0.221 e. The highest BCUT2D eigenvalue weighted by molar-refractivity contribution is 5.91. The molecule has 0 unspecified atom stereocenters. The highest BCUT2D eigenvalue weighted by Crippen LogP contribution is 2.22. The minimum atomic E-state index is -0.166. The first-order valence-corrected chi connectivity index (χ1v) is 6.82. The number of fused-ring (bicyclic) bond motifs is 1. The SMILES string of the molecule is CC(=O)Nc1ccc2c(=O)cc(N3CCOCC3)oc2c1. The van der Waals surface area contributed by atoms with Crippen molar-refractivity contribution >= 4 is 28.4 Å². The Bertz CT molecular complexity index is 732. The smallest absolute Gasteiger partial charge is 0.221 e. The van der Waals surface area contributed by atoms with Gasteiger partial charge in [-0.3, -0.25) is 9.59 Å². The average Bonchev–Trinajstić information content (AvgIpc) is 2.47. The molecular weight excluding hydrogens is 272 g/mol. The normalized spacial score (nSPS) is 15.2. The van der Waals surface area contributed by atoms with Gasteiger partial charge >= 0.3 is 0 Å². The zero-order chi connectivity index (χ0) is 14.8. The van der Waals surface area contributed by atoms with Gasteiger partial charge in [0.05, 0.1) is 18.6 Å². The van der Waals surface area contributed by atoms with Gasteiger partial charge in [0, 0.05) is 37.8 Å². The lowest BCUT2D eigenvalue weighted by Gasteiger charge is -2.27. The molecule has 1 aliphatic rings. The van der Waals surface area contributed by atoms with E-state index in [2.05, 4.69) is 5.32 Å². The zero-order valence-electron chi connectivity index (χ0n) is 11.7. The van der Waals surface area contributed by atoms with E-state index >= 15 is 0 Å². The fraction of sp³-hybridized carbons (Fsp3) is 0.333. The van der Waals surface area contributed by atoms with Crippen LogP contribution < -0.4 is 15.6 Å². The fourth-order valence-corrected chi connectivity index (χ4v) is 2.36. The van der Waals surface area contributed by atoms with Crippen molar-refractivity contribution in [3.05, 3.63) is 34.5 Å². The van der Waals surface area contributed by atoms with Gasteiger partial charge < -0.3 is 19.4 Å². The first-order valence-electron chi connectivity index (χ1n) is 6.82. The number of anilines is 2. The zero-order valence-corrected chi connectivity index (χ0v) is 11.7. The highest BCUT2D eigenvalue weighted by atomic mass is 16.5. The average molecular weight is 288 g/mol. The Morgan fingerprint density at radius 2 is 2.00 bits per heavy atom. The number of carbonyl (C=O) groups excluding carboxylic acids is 1. The second-order valence-electron chi connectivity index (χ2n) is 4.94. The molecule has 1 saturated heterocycles. The predicted molar refractivity (Wildman–Crippen MR) is 79.8 cm³/mol. The molecule has 3 rings (SSSR count). The fourth-order valence-electron chi connectivity index (χ4n) is 2.36. The largest absolute Gasteiger partial charge is 0.440 e. The molecule has 0 atom stereocenters. The molecule has 1 fully saturated rings. The number of rotatable bonds is 2. The minimum absolute atomic E-state index is 0.0906. The standard InChI is InChI=1S/C15H16N2O4/c1-10(18)16-11-2-3-12-13(19)9-15(21-14(12)8-11)17-4-6-20-7-5-17/h2-3,8-9H,4-7H2,1H3,(H,16,18). The second kappa shape index (κ2) is 5.57. The molecule has 0 radical (unpaired) electrons. The van der Waals surface area contributed by atoms with Crippen LogP contribution in [0.1, 0.15) is 6.92 Å². The lowest BCUT2D eigenvalue weighted by atomic mass is 10.2. The monoisotopic (exact) mass is 288 g/mol. The Balaban J connectivity index is 2.03. The van der Waals surface area contributed by atoms with Gasteiger partial charge in [0.15, 0.2) is 11.3 Å². The van der Waals surface area contributed by atoms with Crippen LogP contribution in [0.15, 0.2) is 33.5 Å². The summed E-state index contributed by atoms with van der Waals surface area (Å²) in [5, 5.41) is 3.18. The number of ether oxygens (including phenoxy) is 1. The summed E-state index contributed by atoms with van der Waals surface area (Å²) >= 11 is 0. The van der Waals surface area contributed by atoms with E-state index in [1.807, 2.05) is 4.90 Å². The van der Waals surface area contributed by atoms with Gasteiger partial charge in [0.2, 0.25) is 5.91 Å². The van der Waals surface area contributed by atoms with Crippen molar-refractivity contribution < 1.29 is 13.9 Å². The van der Waals surface area contributed by atoms with Gasteiger partial charge in [0.1, 0.15) is 5.58 Å². The summed E-state index contributed by atoms with van der Waals surface area (Å²) in [4.78, 5) is 25.3. The number of nitrogens with zero attached hydrogens (tertiary/aromatic N) is 1. The van der Waals surface area contributed by atoms with Crippen LogP contribution in [0.2, 0.25) is 0 Å². The van der Waals surface area contributed by atoms with Crippen molar-refractivity contribution in [1.82, 2.24) is 0 Å². The topological polar surface area (TPSA) is 71.8 Å². The van der Waals surface area contributed by atoms with Gasteiger partial charge in [-0.1, -0.05) is 0 Å². The Morgan fingerprint density at radius 3 is 2.71 bits per heavy atom. The van der Waals surface area contributed by atoms with E-state index < -0.39 is 0 Å². The third kappa shape index (κ3) is 2.90. The van der Waals surface area contributed by atoms with Crippen LogP contribution in [-0.2, 0) is 9.53 Å².